The van der Waals surface area contributed by atoms with Crippen molar-refractivity contribution in [3.05, 3.63) is 29.6 Å². The maximum Gasteiger partial charge on any atom is 0.419 e. The highest BCUT2D eigenvalue weighted by molar-refractivity contribution is 6.06. The molecule has 8 heteroatoms. The van der Waals surface area contributed by atoms with Crippen LogP contribution >= 0.6 is 0 Å². The predicted molar refractivity (Wildman–Crippen MR) is 66.0 cm³/mol. The summed E-state index contributed by atoms with van der Waals surface area (Å²) in [4.78, 5) is 24.6. The van der Waals surface area contributed by atoms with Crippen LogP contribution in [0.1, 0.15) is 18.9 Å². The second kappa shape index (κ2) is 5.34. The average molecular weight is 304 g/mol. The third kappa shape index (κ3) is 2.84. The first-order valence-corrected chi connectivity index (χ1v) is 6.22. The smallest absolute Gasteiger partial charge is 0.345 e. The van der Waals surface area contributed by atoms with Crippen LogP contribution < -0.4 is 10.2 Å². The van der Waals surface area contributed by atoms with E-state index in [2.05, 4.69) is 5.32 Å². The summed E-state index contributed by atoms with van der Waals surface area (Å²) in [6.45, 7) is 1.33. The SMILES string of the molecule is CCC1C(=O)NCC(=O)N1c1ccc(F)c(C(F)(F)F)c1. The van der Waals surface area contributed by atoms with Crippen LogP contribution in [0.25, 0.3) is 0 Å². The van der Waals surface area contributed by atoms with Crippen molar-refractivity contribution in [2.24, 2.45) is 0 Å². The number of anilines is 1. The summed E-state index contributed by atoms with van der Waals surface area (Å²) in [6.07, 6.45) is -4.64. The number of piperazine rings is 1. The van der Waals surface area contributed by atoms with Gasteiger partial charge in [-0.1, -0.05) is 6.92 Å². The van der Waals surface area contributed by atoms with Gasteiger partial charge >= 0.3 is 6.18 Å². The Balaban J connectivity index is 2.49. The monoisotopic (exact) mass is 304 g/mol. The van der Waals surface area contributed by atoms with Gasteiger partial charge in [-0.3, -0.25) is 14.5 Å². The molecule has 0 aliphatic carbocycles. The van der Waals surface area contributed by atoms with Gasteiger partial charge in [0, 0.05) is 5.69 Å². The number of hydrogen-bond acceptors (Lipinski definition) is 2. The molecule has 1 N–H and O–H groups in total. The minimum Gasteiger partial charge on any atom is -0.345 e. The van der Waals surface area contributed by atoms with Crippen LogP contribution in [0, 0.1) is 5.82 Å². The van der Waals surface area contributed by atoms with Crippen LogP contribution in [0.15, 0.2) is 18.2 Å². The van der Waals surface area contributed by atoms with Crippen molar-refractivity contribution < 1.29 is 27.2 Å². The van der Waals surface area contributed by atoms with Crippen molar-refractivity contribution in [2.45, 2.75) is 25.6 Å². The summed E-state index contributed by atoms with van der Waals surface area (Å²) in [5.41, 5.74) is -1.61. The molecule has 1 aromatic rings. The number of halogens is 4. The van der Waals surface area contributed by atoms with E-state index in [1.807, 2.05) is 0 Å². The predicted octanol–water partition coefficient (Wildman–Crippen LogP) is 2.09. The van der Waals surface area contributed by atoms with E-state index >= 15 is 0 Å². The number of carbonyl (C=O) groups excluding carboxylic acids is 2. The Morgan fingerprint density at radius 1 is 1.33 bits per heavy atom. The highest BCUT2D eigenvalue weighted by Crippen LogP contribution is 2.34. The Morgan fingerprint density at radius 3 is 2.57 bits per heavy atom. The molecule has 114 valence electrons. The molecule has 1 fully saturated rings. The molecule has 1 unspecified atom stereocenters. The van der Waals surface area contributed by atoms with Crippen LogP contribution in [0.4, 0.5) is 23.2 Å². The minimum atomic E-state index is -4.87. The summed E-state index contributed by atoms with van der Waals surface area (Å²) >= 11 is 0. The lowest BCUT2D eigenvalue weighted by Gasteiger charge is -2.34. The highest BCUT2D eigenvalue weighted by Gasteiger charge is 2.38. The van der Waals surface area contributed by atoms with E-state index < -0.39 is 35.4 Å². The summed E-state index contributed by atoms with van der Waals surface area (Å²) in [5, 5.41) is 2.36. The standard InChI is InChI=1S/C13H12F4N2O2/c1-2-10-12(21)18-6-11(20)19(10)7-3-4-9(14)8(5-7)13(15,16)17/h3-5,10H,2,6H2,1H3,(H,18,21). The second-order valence-corrected chi connectivity index (χ2v) is 4.57. The number of rotatable bonds is 2. The maximum atomic E-state index is 13.3. The number of carbonyl (C=O) groups is 2. The Bertz CT molecular complexity index is 586. The van der Waals surface area contributed by atoms with Crippen LogP contribution in [0.5, 0.6) is 0 Å². The first-order valence-electron chi connectivity index (χ1n) is 6.22. The molecule has 2 rings (SSSR count). The lowest BCUT2D eigenvalue weighted by molar-refractivity contribution is -0.140. The zero-order valence-electron chi connectivity index (χ0n) is 11.0. The van der Waals surface area contributed by atoms with Crippen molar-refractivity contribution in [3.63, 3.8) is 0 Å². The van der Waals surface area contributed by atoms with Crippen LogP contribution in [0.2, 0.25) is 0 Å². The quantitative estimate of drug-likeness (QED) is 0.851. The first kappa shape index (κ1) is 15.3. The molecule has 0 bridgehead atoms. The van der Waals surface area contributed by atoms with Crippen molar-refractivity contribution in [3.8, 4) is 0 Å². The highest BCUT2D eigenvalue weighted by atomic mass is 19.4. The molecule has 1 aliphatic rings. The number of hydrogen-bond donors (Lipinski definition) is 1. The number of nitrogens with zero attached hydrogens (tertiary/aromatic N) is 1. The van der Waals surface area contributed by atoms with Gasteiger partial charge in [0.1, 0.15) is 11.9 Å². The number of alkyl halides is 3. The molecule has 4 nitrogen and oxygen atoms in total. The van der Waals surface area contributed by atoms with Gasteiger partial charge in [-0.25, -0.2) is 4.39 Å². The summed E-state index contributed by atoms with van der Waals surface area (Å²) in [7, 11) is 0. The molecule has 1 aliphatic heterocycles. The zero-order chi connectivity index (χ0) is 15.8. The Kier molecular flexibility index (Phi) is 3.89. The molecule has 2 amide bonds. The van der Waals surface area contributed by atoms with Crippen molar-refractivity contribution in [1.82, 2.24) is 5.32 Å². The normalized spacial score (nSPS) is 19.7. The van der Waals surface area contributed by atoms with Gasteiger partial charge in [-0.15, -0.1) is 0 Å². The van der Waals surface area contributed by atoms with Gasteiger partial charge < -0.3 is 5.32 Å². The van der Waals surface area contributed by atoms with E-state index in [1.165, 1.54) is 0 Å². The van der Waals surface area contributed by atoms with Crippen molar-refractivity contribution >= 4 is 17.5 Å². The molecule has 1 heterocycles. The average Bonchev–Trinajstić information content (AvgIpc) is 2.40. The molecule has 0 saturated carbocycles. The fraction of sp³-hybridized carbons (Fsp3) is 0.385. The Morgan fingerprint density at radius 2 is 2.00 bits per heavy atom. The van der Waals surface area contributed by atoms with E-state index in [1.54, 1.807) is 6.92 Å². The summed E-state index contributed by atoms with van der Waals surface area (Å²) < 4.78 is 51.5. The van der Waals surface area contributed by atoms with E-state index in [-0.39, 0.29) is 18.7 Å². The maximum absolute atomic E-state index is 13.3. The molecular weight excluding hydrogens is 292 g/mol. The molecule has 21 heavy (non-hydrogen) atoms. The molecule has 1 saturated heterocycles. The third-order valence-electron chi connectivity index (χ3n) is 3.22. The van der Waals surface area contributed by atoms with E-state index in [0.717, 1.165) is 11.0 Å². The van der Waals surface area contributed by atoms with Crippen molar-refractivity contribution in [1.29, 1.82) is 0 Å². The van der Waals surface area contributed by atoms with Crippen LogP contribution in [-0.2, 0) is 15.8 Å². The van der Waals surface area contributed by atoms with E-state index in [0.29, 0.717) is 12.1 Å². The van der Waals surface area contributed by atoms with Gasteiger partial charge in [0.05, 0.1) is 12.1 Å². The van der Waals surface area contributed by atoms with Gasteiger partial charge in [0.2, 0.25) is 11.8 Å². The molecular formula is C13H12F4N2O2. The lowest BCUT2D eigenvalue weighted by atomic mass is 10.1. The first-order chi connectivity index (χ1) is 9.75. The zero-order valence-corrected chi connectivity index (χ0v) is 11.0. The minimum absolute atomic E-state index is 0.143. The largest absolute Gasteiger partial charge is 0.419 e. The summed E-state index contributed by atoms with van der Waals surface area (Å²) in [5.74, 6) is -2.41. The van der Waals surface area contributed by atoms with Crippen LogP contribution in [-0.4, -0.2) is 24.4 Å². The Labute approximate surface area is 117 Å². The molecule has 0 radical (unpaired) electrons. The molecule has 0 spiro atoms. The van der Waals surface area contributed by atoms with Gasteiger partial charge in [0.25, 0.3) is 0 Å². The molecule has 0 aromatic heterocycles. The molecule has 1 atom stereocenters. The third-order valence-corrected chi connectivity index (χ3v) is 3.22. The Hall–Kier alpha value is -2.12. The van der Waals surface area contributed by atoms with Gasteiger partial charge in [-0.05, 0) is 24.6 Å². The number of nitrogens with one attached hydrogen (secondary N) is 1. The van der Waals surface area contributed by atoms with Gasteiger partial charge in [-0.2, -0.15) is 13.2 Å². The van der Waals surface area contributed by atoms with E-state index in [9.17, 15) is 27.2 Å². The van der Waals surface area contributed by atoms with Crippen LogP contribution in [0.3, 0.4) is 0 Å². The number of amides is 2. The number of benzene rings is 1. The molecule has 1 aromatic carbocycles. The van der Waals surface area contributed by atoms with E-state index in [4.69, 9.17) is 0 Å². The van der Waals surface area contributed by atoms with Crippen molar-refractivity contribution in [2.75, 3.05) is 11.4 Å². The summed E-state index contributed by atoms with van der Waals surface area (Å²) in [6, 6.07) is 1.35. The lowest BCUT2D eigenvalue weighted by Crippen LogP contribution is -2.58. The topological polar surface area (TPSA) is 49.4 Å². The fourth-order valence-electron chi connectivity index (χ4n) is 2.23. The van der Waals surface area contributed by atoms with Gasteiger partial charge in [0.15, 0.2) is 0 Å². The fourth-order valence-corrected chi connectivity index (χ4v) is 2.23. The second-order valence-electron chi connectivity index (χ2n) is 4.57.